The molecule has 1 aromatic carbocycles. The van der Waals surface area contributed by atoms with E-state index in [0.717, 1.165) is 0 Å². The molecule has 3 rings (SSSR count). The van der Waals surface area contributed by atoms with Crippen LogP contribution in [-0.2, 0) is 20.9 Å². The number of halogens is 1. The van der Waals surface area contributed by atoms with E-state index in [1.54, 1.807) is 30.4 Å². The van der Waals surface area contributed by atoms with Gasteiger partial charge in [0.15, 0.2) is 0 Å². The molecule has 1 amide bonds. The number of carbonyl (C=O) groups is 2. The Kier molecular flexibility index (Phi) is 3.47. The van der Waals surface area contributed by atoms with Gasteiger partial charge in [-0.2, -0.15) is 0 Å². The largest absolute Gasteiger partial charge is 0.481 e. The zero-order chi connectivity index (χ0) is 15.0. The Morgan fingerprint density at radius 2 is 1.86 bits per heavy atom. The zero-order valence-electron chi connectivity index (χ0n) is 11.0. The van der Waals surface area contributed by atoms with Gasteiger partial charge < -0.3 is 15.2 Å². The van der Waals surface area contributed by atoms with Gasteiger partial charge in [-0.1, -0.05) is 30.4 Å². The van der Waals surface area contributed by atoms with Gasteiger partial charge in [-0.05, 0) is 6.07 Å². The second kappa shape index (κ2) is 5.29. The van der Waals surface area contributed by atoms with Gasteiger partial charge in [-0.15, -0.1) is 0 Å². The van der Waals surface area contributed by atoms with Crippen molar-refractivity contribution in [1.29, 1.82) is 0 Å². The predicted molar refractivity (Wildman–Crippen MR) is 70.7 cm³/mol. The summed E-state index contributed by atoms with van der Waals surface area (Å²) in [4.78, 5) is 23.5. The minimum atomic E-state index is -1.06. The van der Waals surface area contributed by atoms with Crippen molar-refractivity contribution in [2.75, 3.05) is 0 Å². The van der Waals surface area contributed by atoms with Crippen LogP contribution in [-0.4, -0.2) is 29.2 Å². The molecule has 5 nitrogen and oxygen atoms in total. The van der Waals surface area contributed by atoms with Crippen molar-refractivity contribution in [3.05, 3.63) is 47.8 Å². The number of hydrogen-bond acceptors (Lipinski definition) is 3. The number of carboxylic acids is 1. The summed E-state index contributed by atoms with van der Waals surface area (Å²) in [6.07, 6.45) is 2.30. The van der Waals surface area contributed by atoms with Gasteiger partial charge in [-0.25, -0.2) is 4.39 Å². The maximum absolute atomic E-state index is 13.5. The molecule has 6 heteroatoms. The number of fused-ring (bicyclic) bond motifs is 2. The van der Waals surface area contributed by atoms with Crippen LogP contribution in [0.2, 0.25) is 0 Å². The van der Waals surface area contributed by atoms with Crippen LogP contribution in [0.15, 0.2) is 36.4 Å². The highest BCUT2D eigenvalue weighted by atomic mass is 19.1. The van der Waals surface area contributed by atoms with Gasteiger partial charge in [-0.3, -0.25) is 9.59 Å². The Labute approximate surface area is 120 Å². The number of hydrogen-bond donors (Lipinski definition) is 2. The van der Waals surface area contributed by atoms with Crippen molar-refractivity contribution in [1.82, 2.24) is 5.32 Å². The third-order valence-electron chi connectivity index (χ3n) is 3.90. The molecule has 2 aliphatic heterocycles. The van der Waals surface area contributed by atoms with Crippen molar-refractivity contribution in [2.45, 2.75) is 18.8 Å². The Bertz CT molecular complexity index is 615. The van der Waals surface area contributed by atoms with Crippen LogP contribution in [0.1, 0.15) is 5.56 Å². The molecule has 0 aromatic heterocycles. The SMILES string of the molecule is O=C(O)[C@@H]1[C@H](C(=O)NCc2ccccc2F)[C@@H]2C=C[C@@H]1O2. The lowest BCUT2D eigenvalue weighted by Crippen LogP contribution is -2.42. The first-order chi connectivity index (χ1) is 10.1. The number of amides is 1. The van der Waals surface area contributed by atoms with Gasteiger partial charge in [0, 0.05) is 12.1 Å². The van der Waals surface area contributed by atoms with Crippen LogP contribution >= 0.6 is 0 Å². The second-order valence-electron chi connectivity index (χ2n) is 5.15. The molecule has 1 fully saturated rings. The summed E-state index contributed by atoms with van der Waals surface area (Å²) in [5, 5.41) is 11.8. The minimum absolute atomic E-state index is 0.0233. The van der Waals surface area contributed by atoms with E-state index in [1.165, 1.54) is 6.07 Å². The molecule has 110 valence electrons. The summed E-state index contributed by atoms with van der Waals surface area (Å²) in [5.41, 5.74) is 0.359. The van der Waals surface area contributed by atoms with Crippen LogP contribution in [0.4, 0.5) is 4.39 Å². The number of ether oxygens (including phenoxy) is 1. The third kappa shape index (κ3) is 2.42. The highest BCUT2D eigenvalue weighted by Crippen LogP contribution is 2.39. The van der Waals surface area contributed by atoms with Gasteiger partial charge >= 0.3 is 5.97 Å². The van der Waals surface area contributed by atoms with Crippen LogP contribution in [0.25, 0.3) is 0 Å². The van der Waals surface area contributed by atoms with E-state index in [4.69, 9.17) is 4.74 Å². The smallest absolute Gasteiger partial charge is 0.310 e. The summed E-state index contributed by atoms with van der Waals surface area (Å²) in [5.74, 6) is -3.55. The molecule has 2 aliphatic rings. The fraction of sp³-hybridized carbons (Fsp3) is 0.333. The minimum Gasteiger partial charge on any atom is -0.481 e. The molecule has 2 heterocycles. The normalized spacial score (nSPS) is 29.6. The number of carboxylic acid groups (broad SMARTS) is 1. The number of rotatable bonds is 4. The van der Waals surface area contributed by atoms with E-state index < -0.39 is 41.7 Å². The van der Waals surface area contributed by atoms with Crippen molar-refractivity contribution in [3.8, 4) is 0 Å². The Hall–Kier alpha value is -2.21. The highest BCUT2D eigenvalue weighted by Gasteiger charge is 2.53. The summed E-state index contributed by atoms with van der Waals surface area (Å²) in [6.45, 7) is 0.0233. The zero-order valence-corrected chi connectivity index (χ0v) is 11.0. The standard InChI is InChI=1S/C15H14FNO4/c16-9-4-2-1-3-8(9)7-17-14(18)12-10-5-6-11(21-10)13(12)15(19)20/h1-6,10-13H,7H2,(H,17,18)(H,19,20)/t10-,11-,12+,13-/m0/s1. The third-order valence-corrected chi connectivity index (χ3v) is 3.90. The first-order valence-electron chi connectivity index (χ1n) is 6.65. The van der Waals surface area contributed by atoms with E-state index in [0.29, 0.717) is 5.56 Å². The lowest BCUT2D eigenvalue weighted by atomic mass is 9.82. The molecule has 4 atom stereocenters. The van der Waals surface area contributed by atoms with Crippen LogP contribution in [0, 0.1) is 17.7 Å². The molecule has 21 heavy (non-hydrogen) atoms. The number of benzene rings is 1. The summed E-state index contributed by atoms with van der Waals surface area (Å²) < 4.78 is 18.9. The van der Waals surface area contributed by atoms with Crippen LogP contribution in [0.3, 0.4) is 0 Å². The molecular formula is C15H14FNO4. The first-order valence-corrected chi connectivity index (χ1v) is 6.65. The van der Waals surface area contributed by atoms with Gasteiger partial charge in [0.05, 0.1) is 18.1 Å². The average Bonchev–Trinajstić information content (AvgIpc) is 3.06. The summed E-state index contributed by atoms with van der Waals surface area (Å²) in [7, 11) is 0. The van der Waals surface area contributed by atoms with E-state index in [1.807, 2.05) is 0 Å². The first kappa shape index (κ1) is 13.8. The van der Waals surface area contributed by atoms with E-state index in [-0.39, 0.29) is 6.54 Å². The molecule has 0 unspecified atom stereocenters. The fourth-order valence-corrected chi connectivity index (χ4v) is 2.86. The summed E-state index contributed by atoms with van der Waals surface area (Å²) in [6, 6.07) is 6.12. The molecule has 1 saturated heterocycles. The maximum Gasteiger partial charge on any atom is 0.310 e. The Morgan fingerprint density at radius 1 is 1.19 bits per heavy atom. The maximum atomic E-state index is 13.5. The Morgan fingerprint density at radius 3 is 2.52 bits per heavy atom. The van der Waals surface area contributed by atoms with E-state index >= 15 is 0 Å². The molecule has 0 radical (unpaired) electrons. The average molecular weight is 291 g/mol. The molecule has 0 spiro atoms. The molecule has 2 bridgehead atoms. The lowest BCUT2D eigenvalue weighted by Gasteiger charge is -2.21. The number of nitrogens with one attached hydrogen (secondary N) is 1. The predicted octanol–water partition coefficient (Wildman–Crippen LogP) is 1.10. The number of carbonyl (C=O) groups excluding carboxylic acids is 1. The molecular weight excluding hydrogens is 277 g/mol. The molecule has 0 saturated carbocycles. The fourth-order valence-electron chi connectivity index (χ4n) is 2.86. The van der Waals surface area contributed by atoms with Crippen molar-refractivity contribution >= 4 is 11.9 Å². The number of aliphatic carboxylic acids is 1. The molecule has 0 aliphatic carbocycles. The molecule has 2 N–H and O–H groups in total. The monoisotopic (exact) mass is 291 g/mol. The Balaban J connectivity index is 1.69. The van der Waals surface area contributed by atoms with Crippen molar-refractivity contribution in [2.24, 2.45) is 11.8 Å². The molecule has 1 aromatic rings. The topological polar surface area (TPSA) is 75.6 Å². The second-order valence-corrected chi connectivity index (χ2v) is 5.15. The van der Waals surface area contributed by atoms with Gasteiger partial charge in [0.25, 0.3) is 0 Å². The van der Waals surface area contributed by atoms with Crippen LogP contribution < -0.4 is 5.32 Å². The van der Waals surface area contributed by atoms with Gasteiger partial charge in [0.1, 0.15) is 11.7 Å². The quantitative estimate of drug-likeness (QED) is 0.814. The van der Waals surface area contributed by atoms with E-state index in [9.17, 15) is 19.1 Å². The van der Waals surface area contributed by atoms with Gasteiger partial charge in [0.2, 0.25) is 5.91 Å². The van der Waals surface area contributed by atoms with Crippen molar-refractivity contribution in [3.63, 3.8) is 0 Å². The lowest BCUT2D eigenvalue weighted by molar-refractivity contribution is -0.146. The van der Waals surface area contributed by atoms with Crippen LogP contribution in [0.5, 0.6) is 0 Å². The summed E-state index contributed by atoms with van der Waals surface area (Å²) >= 11 is 0. The van der Waals surface area contributed by atoms with Crippen molar-refractivity contribution < 1.29 is 23.8 Å². The van der Waals surface area contributed by atoms with E-state index in [2.05, 4.69) is 5.32 Å². The highest BCUT2D eigenvalue weighted by molar-refractivity contribution is 5.87.